The summed E-state index contributed by atoms with van der Waals surface area (Å²) in [5.41, 5.74) is 0.406. The third-order valence-corrected chi connectivity index (χ3v) is 3.50. The number of ether oxygens (including phenoxy) is 1. The van der Waals surface area contributed by atoms with Gasteiger partial charge in [-0.3, -0.25) is 9.78 Å². The molecule has 2 rings (SSSR count). The molecule has 0 radical (unpaired) electrons. The third-order valence-electron chi connectivity index (χ3n) is 3.50. The highest BCUT2D eigenvalue weighted by Crippen LogP contribution is 2.16. The molecule has 1 aliphatic rings. The number of nitrogens with one attached hydrogen (secondary N) is 2. The predicted molar refractivity (Wildman–Crippen MR) is 77.9 cm³/mol. The molecule has 2 N–H and O–H groups in total. The fraction of sp³-hybridized carbons (Fsp3) is 0.600. The molecule has 5 nitrogen and oxygen atoms in total. The van der Waals surface area contributed by atoms with Gasteiger partial charge < -0.3 is 15.4 Å². The van der Waals surface area contributed by atoms with Gasteiger partial charge >= 0.3 is 0 Å². The second-order valence-electron chi connectivity index (χ2n) is 5.09. The summed E-state index contributed by atoms with van der Waals surface area (Å²) in [6.07, 6.45) is 5.19. The Morgan fingerprint density at radius 1 is 1.60 bits per heavy atom. The summed E-state index contributed by atoms with van der Waals surface area (Å²) in [5.74, 6) is 1.26. The number of carbonyl (C=O) groups excluding carboxylic acids is 1. The molecule has 1 amide bonds. The zero-order chi connectivity index (χ0) is 14.2. The van der Waals surface area contributed by atoms with E-state index in [2.05, 4.69) is 15.6 Å². The van der Waals surface area contributed by atoms with Gasteiger partial charge in [0.05, 0.1) is 6.61 Å². The third kappa shape index (κ3) is 4.49. The number of hydrogen-bond acceptors (Lipinski definition) is 4. The van der Waals surface area contributed by atoms with Crippen LogP contribution in [-0.2, 0) is 0 Å². The predicted octanol–water partition coefficient (Wildman–Crippen LogP) is 1.60. The van der Waals surface area contributed by atoms with Gasteiger partial charge in [0.1, 0.15) is 11.4 Å². The van der Waals surface area contributed by atoms with E-state index in [-0.39, 0.29) is 5.91 Å². The van der Waals surface area contributed by atoms with Gasteiger partial charge in [-0.05, 0) is 51.3 Å². The first-order chi connectivity index (χ1) is 9.79. The molecule has 0 bridgehead atoms. The molecule has 110 valence electrons. The lowest BCUT2D eigenvalue weighted by Gasteiger charge is -2.22. The highest BCUT2D eigenvalue weighted by atomic mass is 16.5. The summed E-state index contributed by atoms with van der Waals surface area (Å²) in [6.45, 7) is 5.39. The lowest BCUT2D eigenvalue weighted by Crippen LogP contribution is -2.30. The molecule has 0 spiro atoms. The second-order valence-corrected chi connectivity index (χ2v) is 5.09. The van der Waals surface area contributed by atoms with Crippen molar-refractivity contribution in [1.29, 1.82) is 0 Å². The first-order valence-corrected chi connectivity index (χ1v) is 7.37. The van der Waals surface area contributed by atoms with Crippen LogP contribution in [0.3, 0.4) is 0 Å². The van der Waals surface area contributed by atoms with Gasteiger partial charge in [0.25, 0.3) is 5.91 Å². The van der Waals surface area contributed by atoms with Crippen LogP contribution in [0.2, 0.25) is 0 Å². The molecule has 1 aromatic rings. The molecule has 5 heteroatoms. The SMILES string of the molecule is CCNC(=O)c1cc(OCCC2CCCNC2)ccn1. The Balaban J connectivity index is 1.80. The van der Waals surface area contributed by atoms with Crippen LogP contribution in [0.25, 0.3) is 0 Å². The minimum absolute atomic E-state index is 0.158. The Hall–Kier alpha value is -1.62. The topological polar surface area (TPSA) is 63.2 Å². The standard InChI is InChI=1S/C15H23N3O2/c1-2-17-15(19)14-10-13(5-8-18-14)20-9-6-12-4-3-7-16-11-12/h5,8,10,12,16H,2-4,6-7,9,11H2,1H3,(H,17,19). The molecule has 1 aromatic heterocycles. The monoisotopic (exact) mass is 277 g/mol. The minimum atomic E-state index is -0.158. The number of nitrogens with zero attached hydrogens (tertiary/aromatic N) is 1. The Morgan fingerprint density at radius 2 is 2.50 bits per heavy atom. The van der Waals surface area contributed by atoms with Crippen LogP contribution in [0.15, 0.2) is 18.3 Å². The van der Waals surface area contributed by atoms with E-state index in [1.54, 1.807) is 18.3 Å². The average molecular weight is 277 g/mol. The van der Waals surface area contributed by atoms with Crippen LogP contribution in [0, 0.1) is 5.92 Å². The van der Waals surface area contributed by atoms with Gasteiger partial charge in [0.2, 0.25) is 0 Å². The summed E-state index contributed by atoms with van der Waals surface area (Å²) >= 11 is 0. The van der Waals surface area contributed by atoms with Crippen molar-refractivity contribution in [1.82, 2.24) is 15.6 Å². The Labute approximate surface area is 120 Å². The van der Waals surface area contributed by atoms with Crippen molar-refractivity contribution in [3.63, 3.8) is 0 Å². The van der Waals surface area contributed by atoms with Crippen molar-refractivity contribution < 1.29 is 9.53 Å². The molecule has 1 unspecified atom stereocenters. The quantitative estimate of drug-likeness (QED) is 0.829. The van der Waals surface area contributed by atoms with E-state index in [9.17, 15) is 4.79 Å². The van der Waals surface area contributed by atoms with Crippen LogP contribution in [0.4, 0.5) is 0 Å². The number of hydrogen-bond donors (Lipinski definition) is 2. The van der Waals surface area contributed by atoms with Crippen molar-refractivity contribution in [3.8, 4) is 5.75 Å². The van der Waals surface area contributed by atoms with E-state index < -0.39 is 0 Å². The van der Waals surface area contributed by atoms with Gasteiger partial charge in [-0.2, -0.15) is 0 Å². The van der Waals surface area contributed by atoms with Crippen molar-refractivity contribution in [2.75, 3.05) is 26.2 Å². The van der Waals surface area contributed by atoms with E-state index >= 15 is 0 Å². The van der Waals surface area contributed by atoms with E-state index in [1.165, 1.54) is 12.8 Å². The maximum atomic E-state index is 11.7. The molecule has 1 fully saturated rings. The van der Waals surface area contributed by atoms with E-state index in [0.29, 0.717) is 30.5 Å². The number of pyridine rings is 1. The van der Waals surface area contributed by atoms with E-state index in [4.69, 9.17) is 4.74 Å². The van der Waals surface area contributed by atoms with Crippen molar-refractivity contribution in [2.24, 2.45) is 5.92 Å². The first kappa shape index (κ1) is 14.8. The van der Waals surface area contributed by atoms with E-state index in [0.717, 1.165) is 19.5 Å². The molecule has 2 heterocycles. The zero-order valence-corrected chi connectivity index (χ0v) is 12.0. The number of aromatic nitrogens is 1. The van der Waals surface area contributed by atoms with Crippen molar-refractivity contribution in [2.45, 2.75) is 26.2 Å². The summed E-state index contributed by atoms with van der Waals surface area (Å²) in [7, 11) is 0. The highest BCUT2D eigenvalue weighted by molar-refractivity contribution is 5.92. The van der Waals surface area contributed by atoms with Gasteiger partial charge in [-0.25, -0.2) is 0 Å². The van der Waals surface area contributed by atoms with Crippen LogP contribution < -0.4 is 15.4 Å². The minimum Gasteiger partial charge on any atom is -0.493 e. The smallest absolute Gasteiger partial charge is 0.270 e. The van der Waals surface area contributed by atoms with Crippen LogP contribution in [0.5, 0.6) is 5.75 Å². The van der Waals surface area contributed by atoms with Gasteiger partial charge in [-0.1, -0.05) is 0 Å². The summed E-state index contributed by atoms with van der Waals surface area (Å²) < 4.78 is 5.73. The summed E-state index contributed by atoms with van der Waals surface area (Å²) in [5, 5.41) is 6.13. The molecule has 0 aromatic carbocycles. The number of rotatable bonds is 6. The van der Waals surface area contributed by atoms with E-state index in [1.807, 2.05) is 6.92 Å². The van der Waals surface area contributed by atoms with Gasteiger partial charge in [-0.15, -0.1) is 0 Å². The highest BCUT2D eigenvalue weighted by Gasteiger charge is 2.13. The van der Waals surface area contributed by atoms with Gasteiger partial charge in [0, 0.05) is 18.8 Å². The summed E-state index contributed by atoms with van der Waals surface area (Å²) in [4.78, 5) is 15.7. The number of piperidine rings is 1. The molecule has 0 saturated carbocycles. The molecule has 1 atom stereocenters. The maximum Gasteiger partial charge on any atom is 0.270 e. The largest absolute Gasteiger partial charge is 0.493 e. The summed E-state index contributed by atoms with van der Waals surface area (Å²) in [6, 6.07) is 3.49. The fourth-order valence-electron chi connectivity index (χ4n) is 2.39. The molecule has 1 saturated heterocycles. The van der Waals surface area contributed by atoms with Crippen LogP contribution in [-0.4, -0.2) is 37.1 Å². The van der Waals surface area contributed by atoms with Crippen molar-refractivity contribution in [3.05, 3.63) is 24.0 Å². The van der Waals surface area contributed by atoms with Crippen molar-refractivity contribution >= 4 is 5.91 Å². The van der Waals surface area contributed by atoms with Crippen LogP contribution >= 0.6 is 0 Å². The molecule has 0 aliphatic carbocycles. The van der Waals surface area contributed by atoms with Gasteiger partial charge in [0.15, 0.2) is 0 Å². The molecular weight excluding hydrogens is 254 g/mol. The van der Waals surface area contributed by atoms with Crippen LogP contribution in [0.1, 0.15) is 36.7 Å². The average Bonchev–Trinajstić information content (AvgIpc) is 2.49. The Bertz CT molecular complexity index is 431. The lowest BCUT2D eigenvalue weighted by atomic mass is 9.97. The second kappa shape index (κ2) is 7.85. The first-order valence-electron chi connectivity index (χ1n) is 7.37. The molecule has 1 aliphatic heterocycles. The maximum absolute atomic E-state index is 11.7. The number of amides is 1. The normalized spacial score (nSPS) is 18.6. The fourth-order valence-corrected chi connectivity index (χ4v) is 2.39. The zero-order valence-electron chi connectivity index (χ0n) is 12.0. The molecule has 20 heavy (non-hydrogen) atoms. The Morgan fingerprint density at radius 3 is 3.25 bits per heavy atom. The molecular formula is C15H23N3O2. The lowest BCUT2D eigenvalue weighted by molar-refractivity contribution is 0.0950. The Kier molecular flexibility index (Phi) is 5.80. The number of carbonyl (C=O) groups is 1.